The summed E-state index contributed by atoms with van der Waals surface area (Å²) in [5, 5.41) is 16.2. The van der Waals surface area contributed by atoms with Crippen LogP contribution in [0.15, 0.2) is 0 Å². The topological polar surface area (TPSA) is 89.3 Å². The Balaban J connectivity index is 1.73. The van der Waals surface area contributed by atoms with Crippen LogP contribution >= 0.6 is 11.6 Å². The van der Waals surface area contributed by atoms with E-state index in [0.29, 0.717) is 19.4 Å². The van der Waals surface area contributed by atoms with Crippen molar-refractivity contribution in [3.05, 3.63) is 10.8 Å². The van der Waals surface area contributed by atoms with Crippen LogP contribution in [0, 0.1) is 11.3 Å². The van der Waals surface area contributed by atoms with Crippen LogP contribution in [-0.4, -0.2) is 69.5 Å². The molecule has 0 aliphatic carbocycles. The lowest BCUT2D eigenvalue weighted by Gasteiger charge is -2.37. The molecule has 2 fully saturated rings. The number of amides is 2. The minimum absolute atomic E-state index is 0.0179. The number of carbonyl (C=O) groups excluding carboxylic acids is 1. The smallest absolute Gasteiger partial charge is 0.337 e. The van der Waals surface area contributed by atoms with E-state index in [-0.39, 0.29) is 47.4 Å². The lowest BCUT2D eigenvalue weighted by Crippen LogP contribution is -2.51. The van der Waals surface area contributed by atoms with Gasteiger partial charge in [-0.3, -0.25) is 0 Å². The Morgan fingerprint density at radius 2 is 2.00 bits per heavy atom. The summed E-state index contributed by atoms with van der Waals surface area (Å²) in [4.78, 5) is 18.9. The second kappa shape index (κ2) is 6.51. The number of hydrogen-bond acceptors (Lipinski definition) is 6. The second-order valence-electron chi connectivity index (χ2n) is 5.70. The molecule has 0 spiro atoms. The highest BCUT2D eigenvalue weighted by Crippen LogP contribution is 2.29. The lowest BCUT2D eigenvalue weighted by molar-refractivity contribution is -0.218. The number of nitriles is 1. The zero-order valence-corrected chi connectivity index (χ0v) is 13.6. The lowest BCUT2D eigenvalue weighted by atomic mass is 10.0. The monoisotopic (exact) mass is 375 g/mol. The number of alkyl halides is 3. The van der Waals surface area contributed by atoms with Crippen molar-refractivity contribution in [2.24, 2.45) is 0 Å². The number of halogens is 4. The molecular formula is C13H13ClF3N7O. The molecule has 3 rings (SSSR count). The molecule has 2 amide bonds. The molecule has 0 bridgehead atoms. The summed E-state index contributed by atoms with van der Waals surface area (Å²) in [6.07, 6.45) is -3.43. The van der Waals surface area contributed by atoms with Gasteiger partial charge in [0.1, 0.15) is 6.07 Å². The van der Waals surface area contributed by atoms with Gasteiger partial charge in [-0.25, -0.2) is 9.69 Å². The number of urea groups is 1. The summed E-state index contributed by atoms with van der Waals surface area (Å²) >= 11 is 5.85. The van der Waals surface area contributed by atoms with Crippen LogP contribution in [0.4, 0.5) is 23.9 Å². The van der Waals surface area contributed by atoms with Crippen molar-refractivity contribution in [3.63, 3.8) is 0 Å². The zero-order valence-electron chi connectivity index (χ0n) is 12.9. The number of carbonyl (C=O) groups is 1. The van der Waals surface area contributed by atoms with Crippen LogP contribution in [0.1, 0.15) is 18.5 Å². The normalized spacial score (nSPS) is 21.6. The number of rotatable bonds is 2. The first kappa shape index (κ1) is 17.5. The molecule has 25 heavy (non-hydrogen) atoms. The predicted molar refractivity (Wildman–Crippen MR) is 79.7 cm³/mol. The van der Waals surface area contributed by atoms with Crippen molar-refractivity contribution in [2.45, 2.75) is 25.2 Å². The highest BCUT2D eigenvalue weighted by molar-refractivity contribution is 6.30. The first-order chi connectivity index (χ1) is 11.8. The molecule has 2 saturated heterocycles. The zero-order chi connectivity index (χ0) is 18.2. The van der Waals surface area contributed by atoms with Gasteiger partial charge in [0.2, 0.25) is 5.95 Å². The minimum atomic E-state index is -4.67. The Hall–Kier alpha value is -2.35. The Kier molecular flexibility index (Phi) is 4.55. The van der Waals surface area contributed by atoms with Crippen LogP contribution in [0.5, 0.6) is 0 Å². The number of piperidine rings is 1. The molecule has 3 heterocycles. The molecule has 12 heteroatoms. The molecular weight excluding hydrogens is 363 g/mol. The predicted octanol–water partition coefficient (Wildman–Crippen LogP) is 1.62. The summed E-state index contributed by atoms with van der Waals surface area (Å²) in [7, 11) is 0. The Bertz CT molecular complexity index is 723. The first-order valence-electron chi connectivity index (χ1n) is 7.51. The maximum Gasteiger partial charge on any atom is 0.488 e. The van der Waals surface area contributed by atoms with Gasteiger partial charge in [0.05, 0.1) is 6.04 Å². The van der Waals surface area contributed by atoms with Crippen molar-refractivity contribution in [3.8, 4) is 6.07 Å². The van der Waals surface area contributed by atoms with Gasteiger partial charge < -0.3 is 9.80 Å². The molecule has 1 unspecified atom stereocenters. The first-order valence-corrected chi connectivity index (χ1v) is 7.89. The molecule has 0 saturated carbocycles. The van der Waals surface area contributed by atoms with Gasteiger partial charge in [0.25, 0.3) is 0 Å². The SMILES string of the molecule is N#Cc1nnc(N2CCCC(N3CCN(C(F)(F)F)C3=O)C2)nc1Cl. The summed E-state index contributed by atoms with van der Waals surface area (Å²) in [5.74, 6) is 0.188. The van der Waals surface area contributed by atoms with Crippen molar-refractivity contribution >= 4 is 23.6 Å². The van der Waals surface area contributed by atoms with Gasteiger partial charge in [0, 0.05) is 26.2 Å². The molecule has 0 aromatic carbocycles. The fourth-order valence-corrected chi connectivity index (χ4v) is 3.18. The van der Waals surface area contributed by atoms with Crippen molar-refractivity contribution in [1.29, 1.82) is 5.26 Å². The van der Waals surface area contributed by atoms with E-state index in [4.69, 9.17) is 16.9 Å². The number of nitrogens with zero attached hydrogens (tertiary/aromatic N) is 7. The van der Waals surface area contributed by atoms with Crippen LogP contribution in [-0.2, 0) is 0 Å². The second-order valence-corrected chi connectivity index (χ2v) is 6.06. The maximum absolute atomic E-state index is 12.8. The van der Waals surface area contributed by atoms with Crippen LogP contribution < -0.4 is 4.90 Å². The summed E-state index contributed by atoms with van der Waals surface area (Å²) in [6, 6.07) is 0.338. The molecule has 1 aromatic heterocycles. The molecule has 0 radical (unpaired) electrons. The highest BCUT2D eigenvalue weighted by atomic mass is 35.5. The van der Waals surface area contributed by atoms with Gasteiger partial charge in [-0.1, -0.05) is 11.6 Å². The van der Waals surface area contributed by atoms with E-state index in [9.17, 15) is 18.0 Å². The number of hydrogen-bond donors (Lipinski definition) is 0. The molecule has 1 aromatic rings. The molecule has 1 atom stereocenters. The van der Waals surface area contributed by atoms with E-state index in [1.807, 2.05) is 0 Å². The van der Waals surface area contributed by atoms with Gasteiger partial charge in [-0.05, 0) is 12.8 Å². The molecule has 2 aliphatic rings. The van der Waals surface area contributed by atoms with Gasteiger partial charge in [-0.2, -0.15) is 10.2 Å². The van der Waals surface area contributed by atoms with Crippen molar-refractivity contribution in [1.82, 2.24) is 25.0 Å². The Labute approximate surface area is 145 Å². The van der Waals surface area contributed by atoms with Gasteiger partial charge >= 0.3 is 12.3 Å². The summed E-state index contributed by atoms with van der Waals surface area (Å²) in [6.45, 7) is 0.483. The maximum atomic E-state index is 12.8. The molecule has 134 valence electrons. The van der Waals surface area contributed by atoms with Crippen LogP contribution in [0.3, 0.4) is 0 Å². The van der Waals surface area contributed by atoms with E-state index < -0.39 is 12.3 Å². The van der Waals surface area contributed by atoms with Crippen LogP contribution in [0.25, 0.3) is 0 Å². The average Bonchev–Trinajstić information content (AvgIpc) is 2.96. The highest BCUT2D eigenvalue weighted by Gasteiger charge is 2.48. The summed E-state index contributed by atoms with van der Waals surface area (Å²) in [5.41, 5.74) is -0.102. The Morgan fingerprint density at radius 3 is 2.60 bits per heavy atom. The quantitative estimate of drug-likeness (QED) is 0.730. The van der Waals surface area contributed by atoms with Crippen molar-refractivity contribution < 1.29 is 18.0 Å². The largest absolute Gasteiger partial charge is 0.488 e. The third-order valence-corrected chi connectivity index (χ3v) is 4.47. The van der Waals surface area contributed by atoms with E-state index in [2.05, 4.69) is 15.2 Å². The van der Waals surface area contributed by atoms with Gasteiger partial charge in [-0.15, -0.1) is 23.4 Å². The molecule has 8 nitrogen and oxygen atoms in total. The van der Waals surface area contributed by atoms with Crippen LogP contribution in [0.2, 0.25) is 5.15 Å². The number of anilines is 1. The minimum Gasteiger partial charge on any atom is -0.337 e. The Morgan fingerprint density at radius 1 is 1.24 bits per heavy atom. The van der Waals surface area contributed by atoms with E-state index >= 15 is 0 Å². The van der Waals surface area contributed by atoms with Crippen molar-refractivity contribution in [2.75, 3.05) is 31.1 Å². The number of aromatic nitrogens is 3. The van der Waals surface area contributed by atoms with Gasteiger partial charge in [0.15, 0.2) is 10.8 Å². The molecule has 2 aliphatic heterocycles. The van der Waals surface area contributed by atoms with E-state index in [0.717, 1.165) is 0 Å². The fourth-order valence-electron chi connectivity index (χ4n) is 3.02. The molecule has 0 N–H and O–H groups in total. The third kappa shape index (κ3) is 3.39. The van der Waals surface area contributed by atoms with E-state index in [1.54, 1.807) is 11.0 Å². The average molecular weight is 376 g/mol. The third-order valence-electron chi connectivity index (χ3n) is 4.21. The van der Waals surface area contributed by atoms with E-state index in [1.165, 1.54) is 4.90 Å². The standard InChI is InChI=1S/C13H13ClF3N7O/c14-10-9(6-18)20-21-11(19-10)22-3-1-2-8(7-22)23-4-5-24(12(23)25)13(15,16)17/h8H,1-5,7H2. The summed E-state index contributed by atoms with van der Waals surface area (Å²) < 4.78 is 38.4. The fraction of sp³-hybridized carbons (Fsp3) is 0.615.